The highest BCUT2D eigenvalue weighted by Gasteiger charge is 2.39. The molecule has 0 bridgehead atoms. The lowest BCUT2D eigenvalue weighted by molar-refractivity contribution is -0.198. The Morgan fingerprint density at radius 3 is 2.67 bits per heavy atom. The first-order chi connectivity index (χ1) is 8.47. The Bertz CT molecular complexity index is 279. The summed E-state index contributed by atoms with van der Waals surface area (Å²) in [5, 5.41) is 40.1. The quantitative estimate of drug-likeness (QED) is 0.388. The van der Waals surface area contributed by atoms with Crippen molar-refractivity contribution in [2.24, 2.45) is 0 Å². The van der Waals surface area contributed by atoms with E-state index in [4.69, 9.17) is 9.84 Å². The summed E-state index contributed by atoms with van der Waals surface area (Å²) in [7, 11) is 0. The summed E-state index contributed by atoms with van der Waals surface area (Å²) in [6, 6.07) is -0.862. The van der Waals surface area contributed by atoms with Gasteiger partial charge in [0.2, 0.25) is 0 Å². The van der Waals surface area contributed by atoms with E-state index in [0.29, 0.717) is 12.2 Å². The van der Waals surface area contributed by atoms with E-state index >= 15 is 0 Å². The second kappa shape index (κ2) is 7.27. The third kappa shape index (κ3) is 4.08. The van der Waals surface area contributed by atoms with Crippen LogP contribution in [0.4, 0.5) is 0 Å². The molecule has 0 aliphatic carbocycles. The van der Waals surface area contributed by atoms with Gasteiger partial charge in [0, 0.05) is 0 Å². The summed E-state index contributed by atoms with van der Waals surface area (Å²) in [5.41, 5.74) is 0. The van der Waals surface area contributed by atoms with Crippen LogP contribution in [0.2, 0.25) is 0 Å². The minimum absolute atomic E-state index is 0.148. The van der Waals surface area contributed by atoms with E-state index in [9.17, 15) is 20.1 Å². The van der Waals surface area contributed by atoms with Gasteiger partial charge in [-0.15, -0.1) is 0 Å². The molecule has 0 radical (unpaired) electrons. The third-order valence-corrected chi connectivity index (χ3v) is 3.42. The van der Waals surface area contributed by atoms with Crippen molar-refractivity contribution in [3.8, 4) is 0 Å². The number of aliphatic hydroxyl groups excluding tert-OH is 3. The maximum atomic E-state index is 11.0. The molecule has 0 spiro atoms. The molecule has 18 heavy (non-hydrogen) atoms. The molecule has 1 aliphatic rings. The zero-order valence-corrected chi connectivity index (χ0v) is 10.8. The smallest absolute Gasteiger partial charge is 0.320 e. The molecule has 8 heteroatoms. The molecule has 1 heterocycles. The Labute approximate surface area is 109 Å². The summed E-state index contributed by atoms with van der Waals surface area (Å²) in [6.45, 7) is -0.148. The molecule has 106 valence electrons. The largest absolute Gasteiger partial charge is 0.480 e. The van der Waals surface area contributed by atoms with Crippen molar-refractivity contribution in [3.05, 3.63) is 0 Å². The maximum Gasteiger partial charge on any atom is 0.320 e. The Morgan fingerprint density at radius 2 is 2.11 bits per heavy atom. The van der Waals surface area contributed by atoms with Gasteiger partial charge >= 0.3 is 5.97 Å². The molecule has 5 N–H and O–H groups in total. The maximum absolute atomic E-state index is 11.0. The van der Waals surface area contributed by atoms with Gasteiger partial charge in [0.1, 0.15) is 30.6 Å². The van der Waals surface area contributed by atoms with Crippen molar-refractivity contribution in [2.45, 2.75) is 37.0 Å². The average Bonchev–Trinajstić information content (AvgIpc) is 2.33. The number of carboxylic acids is 1. The Morgan fingerprint density at radius 1 is 1.44 bits per heavy atom. The number of aliphatic carboxylic acids is 1. The van der Waals surface area contributed by atoms with Crippen LogP contribution in [0.1, 0.15) is 6.42 Å². The normalized spacial score (nSPS) is 34.2. The highest BCUT2D eigenvalue weighted by molar-refractivity contribution is 7.98. The lowest BCUT2D eigenvalue weighted by Gasteiger charge is -2.36. The van der Waals surface area contributed by atoms with E-state index in [0.717, 1.165) is 0 Å². The molecule has 1 unspecified atom stereocenters. The lowest BCUT2D eigenvalue weighted by Crippen LogP contribution is -2.60. The molecule has 0 aromatic carbocycles. The van der Waals surface area contributed by atoms with Crippen molar-refractivity contribution < 1.29 is 30.0 Å². The van der Waals surface area contributed by atoms with E-state index in [2.05, 4.69) is 5.32 Å². The van der Waals surface area contributed by atoms with Gasteiger partial charge in [-0.2, -0.15) is 11.8 Å². The van der Waals surface area contributed by atoms with Crippen LogP contribution < -0.4 is 5.32 Å². The minimum atomic E-state index is -1.36. The second-order valence-electron chi connectivity index (χ2n) is 4.14. The predicted molar refractivity (Wildman–Crippen MR) is 65.3 cm³/mol. The number of nitrogens with one attached hydrogen (secondary N) is 1. The molecule has 0 aromatic rings. The van der Waals surface area contributed by atoms with Crippen LogP contribution in [0, 0.1) is 0 Å². The van der Waals surface area contributed by atoms with E-state index in [1.54, 1.807) is 0 Å². The van der Waals surface area contributed by atoms with E-state index in [1.807, 2.05) is 6.26 Å². The molecular formula is C10H19NO6S. The van der Waals surface area contributed by atoms with Gasteiger partial charge < -0.3 is 25.2 Å². The molecule has 0 aromatic heterocycles. The second-order valence-corrected chi connectivity index (χ2v) is 5.13. The summed E-state index contributed by atoms with van der Waals surface area (Å²) in [6.07, 6.45) is -2.61. The first kappa shape index (κ1) is 15.7. The van der Waals surface area contributed by atoms with Gasteiger partial charge in [-0.1, -0.05) is 0 Å². The van der Waals surface area contributed by atoms with Gasteiger partial charge in [-0.3, -0.25) is 10.1 Å². The standard InChI is InChI=1S/C10H19NO6S/c1-18-3-2-5(10(15)16)11-9-8(14)7(13)6(12)4-17-9/h5-9,11-14H,2-4H2,1H3,(H,15,16)/t5-,6-,7+,8+,9?/m0/s1. The highest BCUT2D eigenvalue weighted by Crippen LogP contribution is 2.15. The summed E-state index contributed by atoms with van der Waals surface area (Å²) >= 11 is 1.52. The van der Waals surface area contributed by atoms with Gasteiger partial charge in [0.15, 0.2) is 0 Å². The fourth-order valence-corrected chi connectivity index (χ4v) is 2.14. The van der Waals surface area contributed by atoms with Crippen molar-refractivity contribution >= 4 is 17.7 Å². The Balaban J connectivity index is 2.55. The average molecular weight is 281 g/mol. The fourth-order valence-electron chi connectivity index (χ4n) is 1.66. The van der Waals surface area contributed by atoms with E-state index < -0.39 is 36.6 Å². The molecule has 1 fully saturated rings. The molecule has 1 rings (SSSR count). The number of ether oxygens (including phenoxy) is 1. The molecule has 0 amide bonds. The third-order valence-electron chi connectivity index (χ3n) is 2.78. The van der Waals surface area contributed by atoms with Crippen LogP contribution >= 0.6 is 11.8 Å². The van der Waals surface area contributed by atoms with Gasteiger partial charge in [0.05, 0.1) is 6.61 Å². The van der Waals surface area contributed by atoms with Crippen LogP contribution in [0.3, 0.4) is 0 Å². The predicted octanol–water partition coefficient (Wildman–Crippen LogP) is -1.78. The van der Waals surface area contributed by atoms with Crippen LogP contribution in [0.25, 0.3) is 0 Å². The van der Waals surface area contributed by atoms with Crippen molar-refractivity contribution in [3.63, 3.8) is 0 Å². The highest BCUT2D eigenvalue weighted by atomic mass is 32.2. The van der Waals surface area contributed by atoms with Crippen LogP contribution in [0.5, 0.6) is 0 Å². The van der Waals surface area contributed by atoms with Gasteiger partial charge in [-0.05, 0) is 18.4 Å². The SMILES string of the molecule is CSCC[C@H](NC1OC[C@H](O)[C@@H](O)[C@H]1O)C(=O)O. The first-order valence-electron chi connectivity index (χ1n) is 5.61. The zero-order chi connectivity index (χ0) is 13.7. The Kier molecular flexibility index (Phi) is 6.33. The van der Waals surface area contributed by atoms with Gasteiger partial charge in [0.25, 0.3) is 0 Å². The van der Waals surface area contributed by atoms with Crippen LogP contribution in [-0.2, 0) is 9.53 Å². The van der Waals surface area contributed by atoms with Crippen molar-refractivity contribution in [2.75, 3.05) is 18.6 Å². The number of thioether (sulfide) groups is 1. The summed E-state index contributed by atoms with van der Waals surface area (Å²) in [5.74, 6) is -0.390. The van der Waals surface area contributed by atoms with Gasteiger partial charge in [-0.25, -0.2) is 0 Å². The topological polar surface area (TPSA) is 119 Å². The summed E-state index contributed by atoms with van der Waals surface area (Å²) < 4.78 is 5.09. The molecule has 7 nitrogen and oxygen atoms in total. The fraction of sp³-hybridized carbons (Fsp3) is 0.900. The van der Waals surface area contributed by atoms with E-state index in [-0.39, 0.29) is 6.61 Å². The number of rotatable bonds is 6. The number of carbonyl (C=O) groups is 1. The van der Waals surface area contributed by atoms with Crippen LogP contribution in [-0.4, -0.2) is 75.6 Å². The number of aliphatic hydroxyl groups is 3. The lowest BCUT2D eigenvalue weighted by atomic mass is 10.0. The number of hydrogen-bond donors (Lipinski definition) is 5. The summed E-state index contributed by atoms with van der Waals surface area (Å²) in [4.78, 5) is 11.0. The first-order valence-corrected chi connectivity index (χ1v) is 7.00. The zero-order valence-electron chi connectivity index (χ0n) is 10.0. The molecule has 5 atom stereocenters. The number of hydrogen-bond acceptors (Lipinski definition) is 7. The van der Waals surface area contributed by atoms with E-state index in [1.165, 1.54) is 11.8 Å². The van der Waals surface area contributed by atoms with Crippen molar-refractivity contribution in [1.29, 1.82) is 0 Å². The molecule has 1 aliphatic heterocycles. The van der Waals surface area contributed by atoms with Crippen LogP contribution in [0.15, 0.2) is 0 Å². The molecular weight excluding hydrogens is 262 g/mol. The van der Waals surface area contributed by atoms with Crippen molar-refractivity contribution in [1.82, 2.24) is 5.32 Å². The monoisotopic (exact) mass is 281 g/mol. The molecule has 0 saturated carbocycles. The number of carboxylic acid groups (broad SMARTS) is 1. The minimum Gasteiger partial charge on any atom is -0.480 e. The molecule has 1 saturated heterocycles. The Hall–Kier alpha value is -0.380.